The number of aromatic nitrogens is 2. The smallest absolute Gasteiger partial charge is 0.303 e. The van der Waals surface area contributed by atoms with Crippen molar-refractivity contribution in [2.75, 3.05) is 6.54 Å². The number of nitrogens with one attached hydrogen (secondary N) is 1. The molecule has 0 radical (unpaired) electrons. The second-order valence-corrected chi connectivity index (χ2v) is 2.67. The summed E-state index contributed by atoms with van der Waals surface area (Å²) in [5.41, 5.74) is 0.532. The third-order valence-corrected chi connectivity index (χ3v) is 1.55. The maximum Gasteiger partial charge on any atom is 0.401 e. The second-order valence-electron chi connectivity index (χ2n) is 2.12. The summed E-state index contributed by atoms with van der Waals surface area (Å²) in [7, 11) is 0. The van der Waals surface area contributed by atoms with Crippen molar-refractivity contribution in [2.45, 2.75) is 12.7 Å². The largest absolute Gasteiger partial charge is 0.401 e. The van der Waals surface area contributed by atoms with Crippen LogP contribution < -0.4 is 5.32 Å². The first-order valence-corrected chi connectivity index (χ1v) is 3.85. The van der Waals surface area contributed by atoms with Crippen molar-refractivity contribution >= 4 is 11.7 Å². The Morgan fingerprint density at radius 2 is 2.25 bits per heavy atom. The lowest BCUT2D eigenvalue weighted by Gasteiger charge is -2.05. The van der Waals surface area contributed by atoms with Gasteiger partial charge in [0.15, 0.2) is 0 Å². The van der Waals surface area contributed by atoms with Gasteiger partial charge < -0.3 is 5.32 Å². The first-order valence-electron chi connectivity index (χ1n) is 3.12. The summed E-state index contributed by atoms with van der Waals surface area (Å²) in [6, 6.07) is 0. The van der Waals surface area contributed by atoms with Crippen LogP contribution in [0.1, 0.15) is 5.69 Å². The van der Waals surface area contributed by atoms with E-state index < -0.39 is 12.7 Å². The third kappa shape index (κ3) is 3.63. The molecule has 1 aromatic rings. The van der Waals surface area contributed by atoms with Crippen molar-refractivity contribution in [3.63, 3.8) is 0 Å². The first kappa shape index (κ1) is 9.40. The SMILES string of the molecule is FC(F)(F)CNCc1cnsn1. The zero-order valence-electron chi connectivity index (χ0n) is 5.93. The molecule has 0 aliphatic carbocycles. The van der Waals surface area contributed by atoms with Crippen LogP contribution in [0.4, 0.5) is 13.2 Å². The van der Waals surface area contributed by atoms with E-state index >= 15 is 0 Å². The highest BCUT2D eigenvalue weighted by Gasteiger charge is 2.26. The minimum Gasteiger partial charge on any atom is -0.303 e. The summed E-state index contributed by atoms with van der Waals surface area (Å²) in [5, 5.41) is 2.21. The maximum absolute atomic E-state index is 11.6. The molecular weight excluding hydrogens is 191 g/mol. The summed E-state index contributed by atoms with van der Waals surface area (Å²) in [6.07, 6.45) is -2.72. The molecule has 0 saturated heterocycles. The van der Waals surface area contributed by atoms with Crippen molar-refractivity contribution in [1.29, 1.82) is 0 Å². The first-order chi connectivity index (χ1) is 5.58. The highest BCUT2D eigenvalue weighted by Crippen LogP contribution is 2.12. The van der Waals surface area contributed by atoms with E-state index in [1.165, 1.54) is 6.20 Å². The molecule has 0 fully saturated rings. The second kappa shape index (κ2) is 3.81. The van der Waals surface area contributed by atoms with Gasteiger partial charge in [0, 0.05) is 6.54 Å². The van der Waals surface area contributed by atoms with Crippen molar-refractivity contribution < 1.29 is 13.2 Å². The van der Waals surface area contributed by atoms with Gasteiger partial charge in [0.25, 0.3) is 0 Å². The van der Waals surface area contributed by atoms with Crippen LogP contribution in [0.3, 0.4) is 0 Å². The highest BCUT2D eigenvalue weighted by molar-refractivity contribution is 6.99. The van der Waals surface area contributed by atoms with Crippen molar-refractivity contribution in [1.82, 2.24) is 14.1 Å². The molecule has 0 atom stereocenters. The Kier molecular flexibility index (Phi) is 2.99. The normalized spacial score (nSPS) is 11.9. The van der Waals surface area contributed by atoms with Gasteiger partial charge in [-0.15, -0.1) is 0 Å². The van der Waals surface area contributed by atoms with Gasteiger partial charge in [-0.3, -0.25) is 0 Å². The zero-order chi connectivity index (χ0) is 9.03. The molecule has 0 aliphatic heterocycles. The van der Waals surface area contributed by atoms with Crippen molar-refractivity contribution in [2.24, 2.45) is 0 Å². The predicted octanol–water partition coefficient (Wildman–Crippen LogP) is 1.19. The molecule has 12 heavy (non-hydrogen) atoms. The predicted molar refractivity (Wildman–Crippen MR) is 37.7 cm³/mol. The fraction of sp³-hybridized carbons (Fsp3) is 0.600. The lowest BCUT2D eigenvalue weighted by atomic mass is 10.4. The zero-order valence-corrected chi connectivity index (χ0v) is 6.74. The monoisotopic (exact) mass is 197 g/mol. The van der Waals surface area contributed by atoms with Gasteiger partial charge in [-0.25, -0.2) is 0 Å². The molecule has 0 aromatic carbocycles. The van der Waals surface area contributed by atoms with Crippen LogP contribution in [0, 0.1) is 0 Å². The Hall–Kier alpha value is -0.690. The van der Waals surface area contributed by atoms with Crippen LogP contribution in [-0.2, 0) is 6.54 Å². The Bertz CT molecular complexity index is 220. The van der Waals surface area contributed by atoms with Gasteiger partial charge in [-0.1, -0.05) is 0 Å². The van der Waals surface area contributed by atoms with E-state index in [2.05, 4.69) is 14.1 Å². The topological polar surface area (TPSA) is 37.8 Å². The van der Waals surface area contributed by atoms with Crippen LogP contribution in [0.15, 0.2) is 6.20 Å². The van der Waals surface area contributed by atoms with E-state index in [4.69, 9.17) is 0 Å². The number of alkyl halides is 3. The fourth-order valence-electron chi connectivity index (χ4n) is 0.594. The molecule has 0 amide bonds. The molecule has 1 aromatic heterocycles. The van der Waals surface area contributed by atoms with Gasteiger partial charge in [0.2, 0.25) is 0 Å². The summed E-state index contributed by atoms with van der Waals surface area (Å²) < 4.78 is 42.1. The summed E-state index contributed by atoms with van der Waals surface area (Å²) >= 11 is 0.976. The summed E-state index contributed by atoms with van der Waals surface area (Å²) in [5.74, 6) is 0. The van der Waals surface area contributed by atoms with E-state index in [1.54, 1.807) is 0 Å². The Balaban J connectivity index is 2.20. The molecule has 1 rings (SSSR count). The van der Waals surface area contributed by atoms with Crippen LogP contribution in [0.5, 0.6) is 0 Å². The summed E-state index contributed by atoms with van der Waals surface area (Å²) in [4.78, 5) is 0. The molecule has 3 nitrogen and oxygen atoms in total. The third-order valence-electron chi connectivity index (χ3n) is 1.04. The van der Waals surface area contributed by atoms with Gasteiger partial charge in [0.05, 0.1) is 30.2 Å². The molecule has 0 spiro atoms. The maximum atomic E-state index is 11.6. The Morgan fingerprint density at radius 1 is 1.50 bits per heavy atom. The summed E-state index contributed by atoms with van der Waals surface area (Å²) in [6.45, 7) is -0.888. The quantitative estimate of drug-likeness (QED) is 0.790. The van der Waals surface area contributed by atoms with Crippen LogP contribution in [-0.4, -0.2) is 21.5 Å². The lowest BCUT2D eigenvalue weighted by Crippen LogP contribution is -2.28. The van der Waals surface area contributed by atoms with Crippen molar-refractivity contribution in [3.8, 4) is 0 Å². The fourth-order valence-corrected chi connectivity index (χ4v) is 1.03. The van der Waals surface area contributed by atoms with Gasteiger partial charge >= 0.3 is 6.18 Å². The van der Waals surface area contributed by atoms with E-state index in [0.717, 1.165) is 11.7 Å². The van der Waals surface area contributed by atoms with Crippen LogP contribution in [0.25, 0.3) is 0 Å². The molecular formula is C5H6F3N3S. The van der Waals surface area contributed by atoms with E-state index in [9.17, 15) is 13.2 Å². The number of halogens is 3. The number of rotatable bonds is 3. The molecule has 0 bridgehead atoms. The Morgan fingerprint density at radius 3 is 2.75 bits per heavy atom. The van der Waals surface area contributed by atoms with Crippen LogP contribution in [0.2, 0.25) is 0 Å². The average molecular weight is 197 g/mol. The minimum atomic E-state index is -4.16. The molecule has 0 aliphatic rings. The van der Waals surface area contributed by atoms with E-state index in [0.29, 0.717) is 5.69 Å². The van der Waals surface area contributed by atoms with Gasteiger partial charge in [-0.05, 0) is 0 Å². The van der Waals surface area contributed by atoms with E-state index in [-0.39, 0.29) is 6.54 Å². The van der Waals surface area contributed by atoms with Gasteiger partial charge in [0.1, 0.15) is 0 Å². The minimum absolute atomic E-state index is 0.107. The molecule has 1 heterocycles. The average Bonchev–Trinajstić information content (AvgIpc) is 2.36. The van der Waals surface area contributed by atoms with E-state index in [1.807, 2.05) is 0 Å². The van der Waals surface area contributed by atoms with Crippen molar-refractivity contribution in [3.05, 3.63) is 11.9 Å². The molecule has 1 N–H and O–H groups in total. The molecule has 0 saturated carbocycles. The lowest BCUT2D eigenvalue weighted by molar-refractivity contribution is -0.125. The molecule has 68 valence electrons. The molecule has 0 unspecified atom stereocenters. The van der Waals surface area contributed by atoms with Gasteiger partial charge in [-0.2, -0.15) is 21.9 Å². The number of hydrogen-bond donors (Lipinski definition) is 1. The van der Waals surface area contributed by atoms with Crippen LogP contribution >= 0.6 is 11.7 Å². The standard InChI is InChI=1S/C5H6F3N3S/c6-5(7,8)3-9-1-4-2-10-12-11-4/h2,9H,1,3H2. The highest BCUT2D eigenvalue weighted by atomic mass is 32.1. The Labute approximate surface area is 70.9 Å². The number of nitrogens with zero attached hydrogens (tertiary/aromatic N) is 2. The number of hydrogen-bond acceptors (Lipinski definition) is 4. The molecule has 7 heteroatoms.